The number of unbranched alkanes of at least 4 members (excludes halogenated alkanes) is 1. The van der Waals surface area contributed by atoms with Crippen molar-refractivity contribution in [3.8, 4) is 0 Å². The Hall–Kier alpha value is -1.97. The van der Waals surface area contributed by atoms with Gasteiger partial charge in [-0.05, 0) is 30.6 Å². The number of allylic oxidation sites excluding steroid dienone is 1. The zero-order valence-electron chi connectivity index (χ0n) is 11.8. The third-order valence-electron chi connectivity index (χ3n) is 3.28. The normalized spacial score (nSPS) is 15.0. The number of H-pyrrole nitrogens is 1. The van der Waals surface area contributed by atoms with Gasteiger partial charge in [0.05, 0.1) is 5.70 Å². The Morgan fingerprint density at radius 2 is 2.26 bits per heavy atom. The summed E-state index contributed by atoms with van der Waals surface area (Å²) in [5, 5.41) is 6.32. The van der Waals surface area contributed by atoms with Crippen LogP contribution in [0.3, 0.4) is 0 Å². The van der Waals surface area contributed by atoms with Crippen molar-refractivity contribution in [1.29, 1.82) is 0 Å². The minimum Gasteiger partial charge on any atom is -0.367 e. The molecular formula is C15H21N3O. The molecule has 0 radical (unpaired) electrons. The second-order valence-corrected chi connectivity index (χ2v) is 4.83. The molecule has 0 spiro atoms. The molecule has 2 rings (SSSR count). The first-order valence-electron chi connectivity index (χ1n) is 6.73. The summed E-state index contributed by atoms with van der Waals surface area (Å²) < 4.78 is 0. The van der Waals surface area contributed by atoms with Crippen LogP contribution in [0.1, 0.15) is 39.2 Å². The summed E-state index contributed by atoms with van der Waals surface area (Å²) in [4.78, 5) is 14.6. The molecule has 1 aromatic heterocycles. The smallest absolute Gasteiger partial charge is 0.221 e. The van der Waals surface area contributed by atoms with E-state index >= 15 is 0 Å². The van der Waals surface area contributed by atoms with Gasteiger partial charge in [-0.1, -0.05) is 19.4 Å². The number of rotatable bonds is 4. The largest absolute Gasteiger partial charge is 0.367 e. The topological polar surface area (TPSA) is 56.9 Å². The fourth-order valence-electron chi connectivity index (χ4n) is 2.29. The van der Waals surface area contributed by atoms with Crippen LogP contribution in [0.15, 0.2) is 29.5 Å². The van der Waals surface area contributed by atoms with E-state index in [2.05, 4.69) is 35.5 Å². The average molecular weight is 259 g/mol. The monoisotopic (exact) mass is 259 g/mol. The maximum absolute atomic E-state index is 11.4. The predicted octanol–water partition coefficient (Wildman–Crippen LogP) is 3.03. The van der Waals surface area contributed by atoms with Gasteiger partial charge in [-0.3, -0.25) is 4.79 Å². The lowest BCUT2D eigenvalue weighted by molar-refractivity contribution is -0.117. The Morgan fingerprint density at radius 1 is 1.47 bits per heavy atom. The standard InChI is InChI=1S/C15H21N3O/c1-4-5-6-10(2)13-9-17-15-12(7-8-16-15)14(13)18-11(3)19/h6-8,16-17H,4-5,9H2,1-3H3,(H,18,19)/b10-6-. The Bertz CT molecular complexity index is 537. The quantitative estimate of drug-likeness (QED) is 0.778. The molecule has 1 amide bonds. The summed E-state index contributed by atoms with van der Waals surface area (Å²) in [5.74, 6) is 0.931. The molecule has 0 unspecified atom stereocenters. The summed E-state index contributed by atoms with van der Waals surface area (Å²) in [6.07, 6.45) is 6.30. The van der Waals surface area contributed by atoms with Crippen LogP contribution in [-0.4, -0.2) is 17.4 Å². The van der Waals surface area contributed by atoms with Gasteiger partial charge in [0.25, 0.3) is 0 Å². The molecule has 0 atom stereocenters. The van der Waals surface area contributed by atoms with Gasteiger partial charge in [-0.25, -0.2) is 0 Å². The van der Waals surface area contributed by atoms with Crippen LogP contribution in [-0.2, 0) is 4.79 Å². The molecular weight excluding hydrogens is 238 g/mol. The number of aromatic amines is 1. The van der Waals surface area contributed by atoms with Crippen LogP contribution in [0, 0.1) is 0 Å². The van der Waals surface area contributed by atoms with Crippen LogP contribution in [0.5, 0.6) is 0 Å². The summed E-state index contributed by atoms with van der Waals surface area (Å²) in [6, 6.07) is 1.99. The number of carbonyl (C=O) groups excluding carboxylic acids is 1. The molecule has 0 aliphatic carbocycles. The van der Waals surface area contributed by atoms with Gasteiger partial charge < -0.3 is 15.6 Å². The van der Waals surface area contributed by atoms with Gasteiger partial charge >= 0.3 is 0 Å². The van der Waals surface area contributed by atoms with Gasteiger partial charge in [0.2, 0.25) is 5.91 Å². The summed E-state index contributed by atoms with van der Waals surface area (Å²) in [7, 11) is 0. The first kappa shape index (κ1) is 13.5. The first-order valence-corrected chi connectivity index (χ1v) is 6.73. The molecule has 2 heterocycles. The minimum atomic E-state index is -0.0372. The Morgan fingerprint density at radius 3 is 2.95 bits per heavy atom. The zero-order valence-corrected chi connectivity index (χ0v) is 11.8. The van der Waals surface area contributed by atoms with Crippen molar-refractivity contribution in [3.63, 3.8) is 0 Å². The molecule has 0 saturated heterocycles. The SMILES string of the molecule is CCC/C=C(/C)C1=C(NC(C)=O)c2cc[nH]c2NC1. The number of nitrogens with one attached hydrogen (secondary N) is 3. The van der Waals surface area contributed by atoms with E-state index < -0.39 is 0 Å². The van der Waals surface area contributed by atoms with Crippen LogP contribution in [0.25, 0.3) is 5.70 Å². The lowest BCUT2D eigenvalue weighted by Gasteiger charge is -2.23. The van der Waals surface area contributed by atoms with E-state index in [1.807, 2.05) is 12.3 Å². The fourth-order valence-corrected chi connectivity index (χ4v) is 2.29. The summed E-state index contributed by atoms with van der Waals surface area (Å²) in [6.45, 7) is 6.54. The number of hydrogen-bond acceptors (Lipinski definition) is 2. The number of anilines is 1. The number of amides is 1. The van der Waals surface area contributed by atoms with Crippen molar-refractivity contribution < 1.29 is 4.79 Å². The van der Waals surface area contributed by atoms with Crippen molar-refractivity contribution >= 4 is 17.4 Å². The van der Waals surface area contributed by atoms with Crippen molar-refractivity contribution in [2.24, 2.45) is 0 Å². The van der Waals surface area contributed by atoms with Gasteiger partial charge in [0.1, 0.15) is 5.82 Å². The van der Waals surface area contributed by atoms with Crippen LogP contribution in [0.4, 0.5) is 5.82 Å². The molecule has 3 N–H and O–H groups in total. The second kappa shape index (κ2) is 5.78. The predicted molar refractivity (Wildman–Crippen MR) is 78.7 cm³/mol. The third-order valence-corrected chi connectivity index (χ3v) is 3.28. The molecule has 0 fully saturated rings. The molecule has 0 bridgehead atoms. The first-order chi connectivity index (χ1) is 9.13. The number of aromatic nitrogens is 1. The molecule has 0 aromatic carbocycles. The highest BCUT2D eigenvalue weighted by Gasteiger charge is 2.21. The van der Waals surface area contributed by atoms with E-state index in [1.54, 1.807) is 6.92 Å². The van der Waals surface area contributed by atoms with E-state index in [4.69, 9.17) is 0 Å². The highest BCUT2D eigenvalue weighted by molar-refractivity contribution is 5.91. The zero-order chi connectivity index (χ0) is 13.8. The van der Waals surface area contributed by atoms with E-state index in [0.29, 0.717) is 0 Å². The van der Waals surface area contributed by atoms with Crippen molar-refractivity contribution in [2.45, 2.75) is 33.6 Å². The number of carbonyl (C=O) groups is 1. The molecule has 0 saturated carbocycles. The maximum Gasteiger partial charge on any atom is 0.221 e. The van der Waals surface area contributed by atoms with Gasteiger partial charge in [-0.2, -0.15) is 0 Å². The lowest BCUT2D eigenvalue weighted by atomic mass is 9.97. The highest BCUT2D eigenvalue weighted by atomic mass is 16.1. The Kier molecular flexibility index (Phi) is 4.10. The van der Waals surface area contributed by atoms with Gasteiger partial charge in [0, 0.05) is 25.2 Å². The van der Waals surface area contributed by atoms with Crippen LogP contribution < -0.4 is 10.6 Å². The molecule has 102 valence electrons. The molecule has 19 heavy (non-hydrogen) atoms. The molecule has 1 aliphatic heterocycles. The van der Waals surface area contributed by atoms with E-state index in [1.165, 1.54) is 5.57 Å². The molecule has 4 nitrogen and oxygen atoms in total. The van der Waals surface area contributed by atoms with E-state index in [-0.39, 0.29) is 5.91 Å². The van der Waals surface area contributed by atoms with E-state index in [0.717, 1.165) is 42.0 Å². The number of hydrogen-bond donors (Lipinski definition) is 3. The minimum absolute atomic E-state index is 0.0372. The lowest BCUT2D eigenvalue weighted by Crippen LogP contribution is -2.25. The van der Waals surface area contributed by atoms with Crippen molar-refractivity contribution in [2.75, 3.05) is 11.9 Å². The third kappa shape index (κ3) is 2.89. The molecule has 1 aliphatic rings. The highest BCUT2D eigenvalue weighted by Crippen LogP contribution is 2.31. The van der Waals surface area contributed by atoms with Crippen LogP contribution >= 0.6 is 0 Å². The Labute approximate surface area is 114 Å². The van der Waals surface area contributed by atoms with Crippen molar-refractivity contribution in [3.05, 3.63) is 35.0 Å². The maximum atomic E-state index is 11.4. The fraction of sp³-hybridized carbons (Fsp3) is 0.400. The van der Waals surface area contributed by atoms with Gasteiger partial charge in [0.15, 0.2) is 0 Å². The number of fused-ring (bicyclic) bond motifs is 1. The van der Waals surface area contributed by atoms with Crippen LogP contribution in [0.2, 0.25) is 0 Å². The summed E-state index contributed by atoms with van der Waals surface area (Å²) in [5.41, 5.74) is 4.34. The average Bonchev–Trinajstić information content (AvgIpc) is 2.84. The summed E-state index contributed by atoms with van der Waals surface area (Å²) >= 11 is 0. The second-order valence-electron chi connectivity index (χ2n) is 4.83. The molecule has 1 aromatic rings. The van der Waals surface area contributed by atoms with Gasteiger partial charge in [-0.15, -0.1) is 0 Å². The van der Waals surface area contributed by atoms with E-state index in [9.17, 15) is 4.79 Å². The Balaban J connectivity index is 2.43. The van der Waals surface area contributed by atoms with Crippen molar-refractivity contribution in [1.82, 2.24) is 10.3 Å². The molecule has 4 heteroatoms.